The van der Waals surface area contributed by atoms with Gasteiger partial charge in [-0.3, -0.25) is 0 Å². The van der Waals surface area contributed by atoms with Crippen LogP contribution in [0.1, 0.15) is 20.8 Å². The minimum atomic E-state index is -0.132. The lowest BCUT2D eigenvalue weighted by Crippen LogP contribution is -2.27. The van der Waals surface area contributed by atoms with E-state index < -0.39 is 0 Å². The normalized spacial score (nSPS) is 11.1. The summed E-state index contributed by atoms with van der Waals surface area (Å²) < 4.78 is 5.65. The standard InChI is InChI=1S/C14H18N4O/c1-14(2,3)18-12-11(15)13(17-9-16-12)19-10-7-5-4-6-8-10/h4-9H,15H2,1-3H3,(H,16,17,18). The van der Waals surface area contributed by atoms with E-state index in [4.69, 9.17) is 10.5 Å². The Balaban J connectivity index is 2.25. The van der Waals surface area contributed by atoms with Gasteiger partial charge in [-0.2, -0.15) is 4.98 Å². The van der Waals surface area contributed by atoms with E-state index in [9.17, 15) is 0 Å². The van der Waals surface area contributed by atoms with E-state index in [1.165, 1.54) is 6.33 Å². The molecule has 0 saturated carbocycles. The van der Waals surface area contributed by atoms with Crippen molar-refractivity contribution in [2.24, 2.45) is 0 Å². The first-order valence-corrected chi connectivity index (χ1v) is 6.07. The molecule has 0 fully saturated rings. The highest BCUT2D eigenvalue weighted by atomic mass is 16.5. The number of hydrogen-bond donors (Lipinski definition) is 2. The molecule has 0 amide bonds. The van der Waals surface area contributed by atoms with Gasteiger partial charge in [-0.25, -0.2) is 4.98 Å². The van der Waals surface area contributed by atoms with E-state index in [1.807, 2.05) is 51.1 Å². The van der Waals surface area contributed by atoms with Crippen LogP contribution in [0.2, 0.25) is 0 Å². The highest BCUT2D eigenvalue weighted by Crippen LogP contribution is 2.30. The Kier molecular flexibility index (Phi) is 3.55. The van der Waals surface area contributed by atoms with Gasteiger partial charge in [-0.05, 0) is 32.9 Å². The minimum absolute atomic E-state index is 0.132. The van der Waals surface area contributed by atoms with Gasteiger partial charge in [0, 0.05) is 5.54 Å². The van der Waals surface area contributed by atoms with E-state index in [2.05, 4.69) is 15.3 Å². The molecule has 0 unspecified atom stereocenters. The molecule has 19 heavy (non-hydrogen) atoms. The van der Waals surface area contributed by atoms with Crippen LogP contribution in [0, 0.1) is 0 Å². The largest absolute Gasteiger partial charge is 0.437 e. The van der Waals surface area contributed by atoms with Gasteiger partial charge >= 0.3 is 0 Å². The number of anilines is 2. The fraction of sp³-hybridized carbons (Fsp3) is 0.286. The summed E-state index contributed by atoms with van der Waals surface area (Å²) in [6.45, 7) is 6.10. The second-order valence-electron chi connectivity index (χ2n) is 5.23. The first-order valence-electron chi connectivity index (χ1n) is 6.07. The first kappa shape index (κ1) is 13.1. The minimum Gasteiger partial charge on any atom is -0.437 e. The molecule has 0 aliphatic rings. The van der Waals surface area contributed by atoms with Crippen LogP contribution in [0.3, 0.4) is 0 Å². The smallest absolute Gasteiger partial charge is 0.248 e. The molecule has 0 bridgehead atoms. The third-order valence-electron chi connectivity index (χ3n) is 2.30. The zero-order valence-electron chi connectivity index (χ0n) is 11.3. The van der Waals surface area contributed by atoms with Crippen molar-refractivity contribution in [1.82, 2.24) is 9.97 Å². The molecule has 2 rings (SSSR count). The Labute approximate surface area is 112 Å². The van der Waals surface area contributed by atoms with E-state index in [1.54, 1.807) is 0 Å². The molecule has 0 saturated heterocycles. The molecule has 0 aliphatic carbocycles. The number of benzene rings is 1. The van der Waals surface area contributed by atoms with Gasteiger partial charge in [0.25, 0.3) is 0 Å². The van der Waals surface area contributed by atoms with E-state index in [0.717, 1.165) is 0 Å². The lowest BCUT2D eigenvalue weighted by Gasteiger charge is -2.22. The summed E-state index contributed by atoms with van der Waals surface area (Å²) in [5.74, 6) is 1.62. The van der Waals surface area contributed by atoms with Crippen molar-refractivity contribution >= 4 is 11.5 Å². The second kappa shape index (κ2) is 5.14. The second-order valence-corrected chi connectivity index (χ2v) is 5.23. The van der Waals surface area contributed by atoms with E-state index in [-0.39, 0.29) is 5.54 Å². The first-order chi connectivity index (χ1) is 8.96. The number of nitrogen functional groups attached to an aromatic ring is 1. The van der Waals surface area contributed by atoms with Crippen molar-refractivity contribution in [3.05, 3.63) is 36.7 Å². The molecule has 5 heteroatoms. The molecule has 1 heterocycles. The van der Waals surface area contributed by atoms with Crippen LogP contribution < -0.4 is 15.8 Å². The zero-order valence-corrected chi connectivity index (χ0v) is 11.3. The SMILES string of the molecule is CC(C)(C)Nc1ncnc(Oc2ccccc2)c1N. The molecule has 3 N–H and O–H groups in total. The predicted octanol–water partition coefficient (Wildman–Crippen LogP) is 3.06. The summed E-state index contributed by atoms with van der Waals surface area (Å²) in [4.78, 5) is 8.20. The lowest BCUT2D eigenvalue weighted by atomic mass is 10.1. The Hall–Kier alpha value is -2.30. The molecule has 100 valence electrons. The maximum atomic E-state index is 6.03. The summed E-state index contributed by atoms with van der Waals surface area (Å²) in [5, 5.41) is 3.22. The van der Waals surface area contributed by atoms with Crippen molar-refractivity contribution in [3.8, 4) is 11.6 Å². The predicted molar refractivity (Wildman–Crippen MR) is 76.3 cm³/mol. The van der Waals surface area contributed by atoms with Gasteiger partial charge in [-0.1, -0.05) is 18.2 Å². The van der Waals surface area contributed by atoms with Gasteiger partial charge in [0.2, 0.25) is 5.88 Å². The van der Waals surface area contributed by atoms with Gasteiger partial charge in [0.15, 0.2) is 5.82 Å². The van der Waals surface area contributed by atoms with E-state index >= 15 is 0 Å². The van der Waals surface area contributed by atoms with Gasteiger partial charge in [-0.15, -0.1) is 0 Å². The Morgan fingerprint density at radius 2 is 1.79 bits per heavy atom. The molecule has 0 aliphatic heterocycles. The number of nitrogens with one attached hydrogen (secondary N) is 1. The fourth-order valence-electron chi connectivity index (χ4n) is 1.52. The lowest BCUT2D eigenvalue weighted by molar-refractivity contribution is 0.464. The summed E-state index contributed by atoms with van der Waals surface area (Å²) >= 11 is 0. The Morgan fingerprint density at radius 3 is 2.42 bits per heavy atom. The molecule has 0 radical (unpaired) electrons. The molecule has 1 aromatic heterocycles. The van der Waals surface area contributed by atoms with Crippen LogP contribution in [-0.2, 0) is 0 Å². The highest BCUT2D eigenvalue weighted by molar-refractivity contribution is 5.67. The summed E-state index contributed by atoms with van der Waals surface area (Å²) in [7, 11) is 0. The molecule has 0 spiro atoms. The van der Waals surface area contributed by atoms with Crippen LogP contribution >= 0.6 is 0 Å². The number of aromatic nitrogens is 2. The summed E-state index contributed by atoms with van der Waals surface area (Å²) in [6.07, 6.45) is 1.43. The monoisotopic (exact) mass is 258 g/mol. The fourth-order valence-corrected chi connectivity index (χ4v) is 1.52. The molecule has 5 nitrogen and oxygen atoms in total. The Bertz CT molecular complexity index is 549. The van der Waals surface area contributed by atoms with Crippen molar-refractivity contribution < 1.29 is 4.74 Å². The number of hydrogen-bond acceptors (Lipinski definition) is 5. The van der Waals surface area contributed by atoms with Crippen LogP contribution in [0.5, 0.6) is 11.6 Å². The average Bonchev–Trinajstić information content (AvgIpc) is 2.34. The summed E-state index contributed by atoms with van der Waals surface area (Å²) in [5.41, 5.74) is 6.30. The molecule has 0 atom stereocenters. The number of rotatable bonds is 3. The van der Waals surface area contributed by atoms with Crippen LogP contribution in [-0.4, -0.2) is 15.5 Å². The molecule has 2 aromatic rings. The maximum Gasteiger partial charge on any atom is 0.248 e. The number of nitrogens with zero attached hydrogens (tertiary/aromatic N) is 2. The average molecular weight is 258 g/mol. The third kappa shape index (κ3) is 3.58. The van der Waals surface area contributed by atoms with Crippen LogP contribution in [0.4, 0.5) is 11.5 Å². The van der Waals surface area contributed by atoms with Gasteiger partial charge in [0.1, 0.15) is 17.8 Å². The zero-order chi connectivity index (χ0) is 13.9. The highest BCUT2D eigenvalue weighted by Gasteiger charge is 2.15. The number of para-hydroxylation sites is 1. The number of ether oxygens (including phenoxy) is 1. The molecular formula is C14H18N4O. The third-order valence-corrected chi connectivity index (χ3v) is 2.30. The molecule has 1 aromatic carbocycles. The molecular weight excluding hydrogens is 240 g/mol. The quantitative estimate of drug-likeness (QED) is 0.885. The summed E-state index contributed by atoms with van der Waals surface area (Å²) in [6, 6.07) is 9.39. The number of nitrogens with two attached hydrogens (primary N) is 1. The van der Waals surface area contributed by atoms with Gasteiger partial charge < -0.3 is 15.8 Å². The van der Waals surface area contributed by atoms with Crippen molar-refractivity contribution in [2.75, 3.05) is 11.1 Å². The van der Waals surface area contributed by atoms with Crippen LogP contribution in [0.25, 0.3) is 0 Å². The maximum absolute atomic E-state index is 6.03. The van der Waals surface area contributed by atoms with Crippen molar-refractivity contribution in [2.45, 2.75) is 26.3 Å². The Morgan fingerprint density at radius 1 is 1.11 bits per heavy atom. The van der Waals surface area contributed by atoms with Crippen LogP contribution in [0.15, 0.2) is 36.7 Å². The van der Waals surface area contributed by atoms with Gasteiger partial charge in [0.05, 0.1) is 0 Å². The van der Waals surface area contributed by atoms with E-state index in [0.29, 0.717) is 23.1 Å². The topological polar surface area (TPSA) is 73.1 Å². The van der Waals surface area contributed by atoms with Crippen molar-refractivity contribution in [1.29, 1.82) is 0 Å². The van der Waals surface area contributed by atoms with Crippen molar-refractivity contribution in [3.63, 3.8) is 0 Å².